The van der Waals surface area contributed by atoms with Crippen LogP contribution in [0.5, 0.6) is 11.5 Å². The van der Waals surface area contributed by atoms with Gasteiger partial charge in [0.1, 0.15) is 0 Å². The van der Waals surface area contributed by atoms with Crippen LogP contribution in [0, 0.1) is 5.41 Å². The van der Waals surface area contributed by atoms with E-state index in [1.807, 2.05) is 49.4 Å². The summed E-state index contributed by atoms with van der Waals surface area (Å²) < 4.78 is 10.8. The summed E-state index contributed by atoms with van der Waals surface area (Å²) in [6.45, 7) is 10.3. The average molecular weight is 516 g/mol. The van der Waals surface area contributed by atoms with Crippen molar-refractivity contribution in [2.45, 2.75) is 13.3 Å². The van der Waals surface area contributed by atoms with Crippen LogP contribution in [0.1, 0.15) is 18.9 Å². The van der Waals surface area contributed by atoms with Gasteiger partial charge in [-0.2, -0.15) is 0 Å². The molecule has 2 saturated heterocycles. The fraction of sp³-hybridized carbons (Fsp3) is 0.333. The van der Waals surface area contributed by atoms with Gasteiger partial charge in [-0.05, 0) is 68.1 Å². The lowest BCUT2D eigenvalue weighted by Gasteiger charge is -2.60. The van der Waals surface area contributed by atoms with Gasteiger partial charge in [0.05, 0.1) is 25.6 Å². The van der Waals surface area contributed by atoms with Crippen LogP contribution in [0.25, 0.3) is 5.70 Å². The normalized spacial score (nSPS) is 17.5. The lowest BCUT2D eigenvalue weighted by atomic mass is 9.73. The van der Waals surface area contributed by atoms with E-state index in [0.717, 1.165) is 18.7 Å². The summed E-state index contributed by atoms with van der Waals surface area (Å²) in [5.74, 6) is 0.848. The van der Waals surface area contributed by atoms with Crippen molar-refractivity contribution in [1.82, 2.24) is 4.90 Å². The lowest BCUT2D eigenvalue weighted by Crippen LogP contribution is -2.71. The number of allylic oxidation sites excluding steroid dienone is 3. The number of hydrogen-bond donors (Lipinski definition) is 2. The molecule has 2 aliphatic rings. The first-order chi connectivity index (χ1) is 18.3. The quantitative estimate of drug-likeness (QED) is 0.278. The van der Waals surface area contributed by atoms with Crippen molar-refractivity contribution >= 4 is 28.7 Å². The summed E-state index contributed by atoms with van der Waals surface area (Å²) in [5.41, 5.74) is 10.7. The van der Waals surface area contributed by atoms with Gasteiger partial charge in [-0.25, -0.2) is 0 Å². The van der Waals surface area contributed by atoms with Crippen LogP contribution in [-0.4, -0.2) is 64.0 Å². The number of nitrogens with one attached hydrogen (secondary N) is 1. The Balaban J connectivity index is 1.42. The Hall–Kier alpha value is -4.04. The Bertz CT molecular complexity index is 1270. The minimum atomic E-state index is -0.375. The van der Waals surface area contributed by atoms with E-state index in [1.54, 1.807) is 32.4 Å². The highest BCUT2D eigenvalue weighted by Crippen LogP contribution is 2.41. The van der Waals surface area contributed by atoms with Gasteiger partial charge in [-0.1, -0.05) is 19.6 Å². The van der Waals surface area contributed by atoms with Crippen molar-refractivity contribution in [3.8, 4) is 11.5 Å². The second-order valence-corrected chi connectivity index (χ2v) is 9.94. The first-order valence-electron chi connectivity index (χ1n) is 12.7. The molecule has 2 aromatic rings. The number of amides is 1. The molecular formula is C30H37N5O3. The number of aliphatic imine (C=N–C) groups is 1. The standard InChI is InChI=1S/C30H37N5O3/c1-6-8-26(21-9-14-27(37-4)28(15-21)38-5)32-22(7-2)16-25(31)29(36)33-23-10-12-24(13-11-23)35-19-30(20-35)17-34(3)18-30/h6,8-16H,1,7,17-20,31H2,2-5H3,(H,33,36)/b25-16-,26-8-,32-22-. The third-order valence-electron chi connectivity index (χ3n) is 6.92. The maximum atomic E-state index is 12.8. The molecule has 0 aliphatic carbocycles. The van der Waals surface area contributed by atoms with E-state index in [0.29, 0.717) is 40.4 Å². The molecule has 38 heavy (non-hydrogen) atoms. The number of rotatable bonds is 10. The molecular weight excluding hydrogens is 478 g/mol. The largest absolute Gasteiger partial charge is 0.493 e. The van der Waals surface area contributed by atoms with Gasteiger partial charge in [0, 0.05) is 54.2 Å². The monoisotopic (exact) mass is 515 g/mol. The molecule has 3 N–H and O–H groups in total. The van der Waals surface area contributed by atoms with E-state index in [4.69, 9.17) is 20.2 Å². The molecule has 0 atom stereocenters. The predicted molar refractivity (Wildman–Crippen MR) is 155 cm³/mol. The molecule has 0 radical (unpaired) electrons. The summed E-state index contributed by atoms with van der Waals surface area (Å²) in [5, 5.41) is 2.88. The molecule has 2 aliphatic heterocycles. The number of carbonyl (C=O) groups is 1. The van der Waals surface area contributed by atoms with Gasteiger partial charge in [0.25, 0.3) is 5.91 Å². The van der Waals surface area contributed by atoms with Crippen LogP contribution in [-0.2, 0) is 4.79 Å². The molecule has 200 valence electrons. The molecule has 0 bridgehead atoms. The molecule has 1 amide bonds. The Labute approximate surface area is 225 Å². The highest BCUT2D eigenvalue weighted by molar-refractivity contribution is 6.09. The summed E-state index contributed by atoms with van der Waals surface area (Å²) in [6.07, 6.45) is 5.65. The van der Waals surface area contributed by atoms with E-state index in [9.17, 15) is 4.79 Å². The van der Waals surface area contributed by atoms with Crippen molar-refractivity contribution in [2.75, 3.05) is 57.7 Å². The zero-order valence-electron chi connectivity index (χ0n) is 22.7. The number of anilines is 2. The molecule has 1 spiro atoms. The first kappa shape index (κ1) is 27.0. The molecule has 2 heterocycles. The lowest BCUT2D eigenvalue weighted by molar-refractivity contribution is -0.112. The Morgan fingerprint density at radius 3 is 2.37 bits per heavy atom. The van der Waals surface area contributed by atoms with Crippen LogP contribution in [0.3, 0.4) is 0 Å². The minimum absolute atomic E-state index is 0.0822. The first-order valence-corrected chi connectivity index (χ1v) is 12.7. The van der Waals surface area contributed by atoms with E-state index in [2.05, 4.69) is 28.7 Å². The second kappa shape index (κ2) is 11.6. The number of nitrogens with two attached hydrogens (primary N) is 1. The molecule has 0 unspecified atom stereocenters. The molecule has 8 heteroatoms. The van der Waals surface area contributed by atoms with Crippen LogP contribution in [0.4, 0.5) is 11.4 Å². The molecule has 0 aromatic heterocycles. The van der Waals surface area contributed by atoms with Gasteiger partial charge in [0.2, 0.25) is 0 Å². The third-order valence-corrected chi connectivity index (χ3v) is 6.92. The van der Waals surface area contributed by atoms with E-state index in [-0.39, 0.29) is 11.6 Å². The number of carbonyl (C=O) groups excluding carboxylic acids is 1. The fourth-order valence-electron chi connectivity index (χ4n) is 5.12. The van der Waals surface area contributed by atoms with Gasteiger partial charge >= 0.3 is 0 Å². The Morgan fingerprint density at radius 2 is 1.79 bits per heavy atom. The van der Waals surface area contributed by atoms with Gasteiger partial charge in [0.15, 0.2) is 11.5 Å². The topological polar surface area (TPSA) is 92.4 Å². The number of nitrogens with zero attached hydrogens (tertiary/aromatic N) is 3. The zero-order valence-corrected chi connectivity index (χ0v) is 22.7. The number of ether oxygens (including phenoxy) is 2. The maximum Gasteiger partial charge on any atom is 0.271 e. The van der Waals surface area contributed by atoms with Crippen LogP contribution in [0.2, 0.25) is 0 Å². The summed E-state index contributed by atoms with van der Waals surface area (Å²) in [6, 6.07) is 13.5. The van der Waals surface area contributed by atoms with Crippen LogP contribution >= 0.6 is 0 Å². The van der Waals surface area contributed by atoms with Crippen molar-refractivity contribution in [3.05, 3.63) is 78.5 Å². The number of hydrogen-bond acceptors (Lipinski definition) is 7. The van der Waals surface area contributed by atoms with Gasteiger partial charge < -0.3 is 30.3 Å². The Morgan fingerprint density at radius 1 is 1.11 bits per heavy atom. The fourth-order valence-corrected chi connectivity index (χ4v) is 5.12. The molecule has 2 fully saturated rings. The molecule has 2 aromatic carbocycles. The number of benzene rings is 2. The van der Waals surface area contributed by atoms with E-state index >= 15 is 0 Å². The van der Waals surface area contributed by atoms with Gasteiger partial charge in [-0.3, -0.25) is 9.79 Å². The molecule has 0 saturated carbocycles. The summed E-state index contributed by atoms with van der Waals surface area (Å²) >= 11 is 0. The zero-order chi connectivity index (χ0) is 27.3. The van der Waals surface area contributed by atoms with Crippen molar-refractivity contribution in [2.24, 2.45) is 16.1 Å². The highest BCUT2D eigenvalue weighted by atomic mass is 16.5. The van der Waals surface area contributed by atoms with Crippen molar-refractivity contribution in [3.63, 3.8) is 0 Å². The van der Waals surface area contributed by atoms with Crippen molar-refractivity contribution < 1.29 is 14.3 Å². The summed E-state index contributed by atoms with van der Waals surface area (Å²) in [4.78, 5) is 22.3. The minimum Gasteiger partial charge on any atom is -0.493 e. The Kier molecular flexibility index (Phi) is 8.22. The van der Waals surface area contributed by atoms with Gasteiger partial charge in [-0.15, -0.1) is 0 Å². The molecule has 8 nitrogen and oxygen atoms in total. The number of methoxy groups -OCH3 is 2. The SMILES string of the molecule is C=C\C=C(/N=C(\C=C(/N)C(=O)Nc1ccc(N2CC3(CN(C)C3)C2)cc1)CC)c1ccc(OC)c(OC)c1. The molecule has 4 rings (SSSR count). The number of likely N-dealkylation sites (tertiary alicyclic amines) is 1. The average Bonchev–Trinajstić information content (AvgIpc) is 2.89. The van der Waals surface area contributed by atoms with Crippen LogP contribution < -0.4 is 25.4 Å². The van der Waals surface area contributed by atoms with Crippen LogP contribution in [0.15, 0.2) is 78.0 Å². The smallest absolute Gasteiger partial charge is 0.271 e. The maximum absolute atomic E-state index is 12.8. The van der Waals surface area contributed by atoms with Crippen molar-refractivity contribution in [1.29, 1.82) is 0 Å². The highest BCUT2D eigenvalue weighted by Gasteiger charge is 2.50. The van der Waals surface area contributed by atoms with E-state index < -0.39 is 0 Å². The summed E-state index contributed by atoms with van der Waals surface area (Å²) in [7, 11) is 5.34. The van der Waals surface area contributed by atoms with E-state index in [1.165, 1.54) is 18.8 Å². The second-order valence-electron chi connectivity index (χ2n) is 9.94. The predicted octanol–water partition coefficient (Wildman–Crippen LogP) is 4.31. The third kappa shape index (κ3) is 5.92.